The highest BCUT2D eigenvalue weighted by Gasteiger charge is 2.29. The van der Waals surface area contributed by atoms with Gasteiger partial charge < -0.3 is 10.2 Å². The third kappa shape index (κ3) is 3.59. The van der Waals surface area contributed by atoms with E-state index in [-0.39, 0.29) is 6.42 Å². The van der Waals surface area contributed by atoms with E-state index in [1.165, 1.54) is 6.92 Å². The fourth-order valence-corrected chi connectivity index (χ4v) is 1.74. The summed E-state index contributed by atoms with van der Waals surface area (Å²) in [6, 6.07) is 7.46. The quantitative estimate of drug-likeness (QED) is 0.819. The molecule has 0 amide bonds. The number of rotatable bonds is 5. The van der Waals surface area contributed by atoms with Crippen molar-refractivity contribution in [3.05, 3.63) is 35.4 Å². The van der Waals surface area contributed by atoms with Gasteiger partial charge in [0.1, 0.15) is 0 Å². The summed E-state index contributed by atoms with van der Waals surface area (Å²) in [4.78, 5) is 21.9. The van der Waals surface area contributed by atoms with Crippen molar-refractivity contribution in [2.45, 2.75) is 20.3 Å². The van der Waals surface area contributed by atoms with Crippen molar-refractivity contribution in [3.63, 3.8) is 0 Å². The topological polar surface area (TPSA) is 74.6 Å². The lowest BCUT2D eigenvalue weighted by Crippen LogP contribution is -2.29. The van der Waals surface area contributed by atoms with Gasteiger partial charge in [-0.05, 0) is 18.9 Å². The van der Waals surface area contributed by atoms with Crippen molar-refractivity contribution in [3.8, 4) is 0 Å². The maximum absolute atomic E-state index is 11.1. The van der Waals surface area contributed by atoms with E-state index < -0.39 is 23.8 Å². The summed E-state index contributed by atoms with van der Waals surface area (Å²) in [6.45, 7) is 3.34. The molecular formula is C13H16O4. The predicted molar refractivity (Wildman–Crippen MR) is 62.8 cm³/mol. The maximum Gasteiger partial charge on any atom is 0.307 e. The van der Waals surface area contributed by atoms with Crippen LogP contribution in [0.15, 0.2) is 24.3 Å². The van der Waals surface area contributed by atoms with Gasteiger partial charge in [-0.1, -0.05) is 36.8 Å². The van der Waals surface area contributed by atoms with E-state index in [2.05, 4.69) is 0 Å². The van der Waals surface area contributed by atoms with E-state index in [0.717, 1.165) is 11.1 Å². The minimum atomic E-state index is -1.08. The van der Waals surface area contributed by atoms with Crippen LogP contribution in [0.4, 0.5) is 0 Å². The molecule has 2 atom stereocenters. The van der Waals surface area contributed by atoms with Crippen molar-refractivity contribution < 1.29 is 19.8 Å². The summed E-state index contributed by atoms with van der Waals surface area (Å²) in [5.41, 5.74) is 1.89. The molecule has 4 nitrogen and oxygen atoms in total. The Hall–Kier alpha value is -1.84. The molecular weight excluding hydrogens is 220 g/mol. The smallest absolute Gasteiger partial charge is 0.307 e. The normalized spacial score (nSPS) is 14.0. The lowest BCUT2D eigenvalue weighted by Gasteiger charge is -2.16. The van der Waals surface area contributed by atoms with Gasteiger partial charge in [0.15, 0.2) is 0 Å². The van der Waals surface area contributed by atoms with Crippen LogP contribution in [0.25, 0.3) is 0 Å². The minimum Gasteiger partial charge on any atom is -0.481 e. The van der Waals surface area contributed by atoms with Crippen LogP contribution in [-0.2, 0) is 16.0 Å². The van der Waals surface area contributed by atoms with Crippen LogP contribution >= 0.6 is 0 Å². The first-order chi connectivity index (χ1) is 7.91. The number of carboxylic acids is 2. The van der Waals surface area contributed by atoms with Gasteiger partial charge in [0.05, 0.1) is 11.8 Å². The van der Waals surface area contributed by atoms with E-state index in [9.17, 15) is 9.59 Å². The second-order valence-corrected chi connectivity index (χ2v) is 4.26. The molecule has 0 aromatic heterocycles. The molecule has 4 heteroatoms. The Bertz CT molecular complexity index is 425. The van der Waals surface area contributed by atoms with E-state index in [0.29, 0.717) is 0 Å². The molecule has 92 valence electrons. The molecule has 0 heterocycles. The summed E-state index contributed by atoms with van der Waals surface area (Å²) in [7, 11) is 0. The molecule has 0 bridgehead atoms. The first-order valence-corrected chi connectivity index (χ1v) is 5.43. The van der Waals surface area contributed by atoms with Gasteiger partial charge in [0.2, 0.25) is 0 Å². The van der Waals surface area contributed by atoms with Crippen molar-refractivity contribution in [1.82, 2.24) is 0 Å². The molecule has 1 aromatic carbocycles. The minimum absolute atomic E-state index is 0.241. The summed E-state index contributed by atoms with van der Waals surface area (Å²) >= 11 is 0. The van der Waals surface area contributed by atoms with Crippen molar-refractivity contribution in [2.75, 3.05) is 0 Å². The first kappa shape index (κ1) is 13.2. The standard InChI is InChI=1S/C13H16O4/c1-8-4-3-5-10(6-8)7-11(13(16)17)9(2)12(14)15/h3-6,9,11H,7H2,1-2H3,(H,14,15)(H,16,17)/t9-,11+/m1/s1. The van der Waals surface area contributed by atoms with Crippen molar-refractivity contribution in [1.29, 1.82) is 0 Å². The molecule has 0 spiro atoms. The van der Waals surface area contributed by atoms with Crippen LogP contribution in [-0.4, -0.2) is 22.2 Å². The molecule has 0 aliphatic heterocycles. The van der Waals surface area contributed by atoms with Crippen LogP contribution in [0, 0.1) is 18.8 Å². The second kappa shape index (κ2) is 5.48. The second-order valence-electron chi connectivity index (χ2n) is 4.26. The molecule has 17 heavy (non-hydrogen) atoms. The zero-order chi connectivity index (χ0) is 13.0. The molecule has 0 aliphatic rings. The Morgan fingerprint density at radius 1 is 1.24 bits per heavy atom. The number of aryl methyl sites for hydroxylation is 1. The summed E-state index contributed by atoms with van der Waals surface area (Å²) in [5.74, 6) is -3.94. The fourth-order valence-electron chi connectivity index (χ4n) is 1.74. The molecule has 0 unspecified atom stereocenters. The van der Waals surface area contributed by atoms with Gasteiger partial charge >= 0.3 is 11.9 Å². The zero-order valence-corrected chi connectivity index (χ0v) is 9.88. The Morgan fingerprint density at radius 3 is 2.35 bits per heavy atom. The molecule has 0 radical (unpaired) electrons. The molecule has 0 saturated carbocycles. The number of benzene rings is 1. The van der Waals surface area contributed by atoms with Gasteiger partial charge in [-0.15, -0.1) is 0 Å². The highest BCUT2D eigenvalue weighted by Crippen LogP contribution is 2.19. The first-order valence-electron chi connectivity index (χ1n) is 5.43. The molecule has 0 aliphatic carbocycles. The number of hydrogen-bond acceptors (Lipinski definition) is 2. The molecule has 1 rings (SSSR count). The number of aliphatic carboxylic acids is 2. The van der Waals surface area contributed by atoms with E-state index in [1.54, 1.807) is 0 Å². The van der Waals surface area contributed by atoms with Crippen LogP contribution in [0.5, 0.6) is 0 Å². The van der Waals surface area contributed by atoms with E-state index in [4.69, 9.17) is 10.2 Å². The summed E-state index contributed by atoms with van der Waals surface area (Å²) < 4.78 is 0. The molecule has 0 fully saturated rings. The third-order valence-corrected chi connectivity index (χ3v) is 2.85. The summed E-state index contributed by atoms with van der Waals surface area (Å²) in [6.07, 6.45) is 0.241. The number of hydrogen-bond donors (Lipinski definition) is 2. The largest absolute Gasteiger partial charge is 0.481 e. The van der Waals surface area contributed by atoms with Crippen LogP contribution < -0.4 is 0 Å². The van der Waals surface area contributed by atoms with Crippen LogP contribution in [0.1, 0.15) is 18.1 Å². The lowest BCUT2D eigenvalue weighted by atomic mass is 9.88. The fraction of sp³-hybridized carbons (Fsp3) is 0.385. The van der Waals surface area contributed by atoms with Gasteiger partial charge in [-0.3, -0.25) is 9.59 Å². The number of carbonyl (C=O) groups is 2. The Morgan fingerprint density at radius 2 is 1.88 bits per heavy atom. The van der Waals surface area contributed by atoms with Gasteiger partial charge in [0.25, 0.3) is 0 Å². The highest BCUT2D eigenvalue weighted by molar-refractivity contribution is 5.79. The Balaban J connectivity index is 2.88. The van der Waals surface area contributed by atoms with Gasteiger partial charge in [-0.2, -0.15) is 0 Å². The highest BCUT2D eigenvalue weighted by atomic mass is 16.4. The average Bonchev–Trinajstić information content (AvgIpc) is 2.24. The van der Waals surface area contributed by atoms with Crippen molar-refractivity contribution >= 4 is 11.9 Å². The lowest BCUT2D eigenvalue weighted by molar-refractivity contribution is -0.152. The van der Waals surface area contributed by atoms with Crippen molar-refractivity contribution in [2.24, 2.45) is 11.8 Å². The summed E-state index contributed by atoms with van der Waals surface area (Å²) in [5, 5.41) is 17.9. The van der Waals surface area contributed by atoms with Crippen LogP contribution in [0.3, 0.4) is 0 Å². The third-order valence-electron chi connectivity index (χ3n) is 2.85. The Labute approximate surface area is 99.9 Å². The SMILES string of the molecule is Cc1cccc(C[C@H](C(=O)O)[C@@H](C)C(=O)O)c1. The predicted octanol–water partition coefficient (Wildman–Crippen LogP) is 1.96. The number of carboxylic acid groups (broad SMARTS) is 2. The maximum atomic E-state index is 11.1. The molecule has 2 N–H and O–H groups in total. The zero-order valence-electron chi connectivity index (χ0n) is 9.88. The van der Waals surface area contributed by atoms with E-state index in [1.807, 2.05) is 31.2 Å². The average molecular weight is 236 g/mol. The van der Waals surface area contributed by atoms with E-state index >= 15 is 0 Å². The molecule has 0 saturated heterocycles. The van der Waals surface area contributed by atoms with Gasteiger partial charge in [0, 0.05) is 0 Å². The van der Waals surface area contributed by atoms with Gasteiger partial charge in [-0.25, -0.2) is 0 Å². The molecule has 1 aromatic rings. The Kier molecular flexibility index (Phi) is 4.26. The monoisotopic (exact) mass is 236 g/mol. The van der Waals surface area contributed by atoms with Crippen LogP contribution in [0.2, 0.25) is 0 Å².